The lowest BCUT2D eigenvalue weighted by Gasteiger charge is -2.30. The molecule has 0 saturated carbocycles. The van der Waals surface area contributed by atoms with E-state index in [9.17, 15) is 4.79 Å². The molecule has 5 aromatic rings. The van der Waals surface area contributed by atoms with Gasteiger partial charge in [-0.05, 0) is 66.9 Å². The van der Waals surface area contributed by atoms with Gasteiger partial charge in [-0.25, -0.2) is 4.98 Å². The van der Waals surface area contributed by atoms with E-state index in [1.54, 1.807) is 10.8 Å². The van der Waals surface area contributed by atoms with Crippen molar-refractivity contribution in [2.24, 2.45) is 0 Å². The van der Waals surface area contributed by atoms with Gasteiger partial charge in [-0.2, -0.15) is 4.98 Å². The second-order valence-corrected chi connectivity index (χ2v) is 10.5. The number of nitrogens with zero attached hydrogens (tertiary/aromatic N) is 6. The number of hydrogen-bond donors (Lipinski definition) is 2. The molecule has 0 unspecified atom stereocenters. The molecule has 1 aliphatic rings. The van der Waals surface area contributed by atoms with E-state index in [2.05, 4.69) is 78.4 Å². The Morgan fingerprint density at radius 2 is 1.95 bits per heavy atom. The topological polar surface area (TPSA) is 114 Å². The van der Waals surface area contributed by atoms with Crippen molar-refractivity contribution in [2.75, 3.05) is 36.4 Å². The Hall–Kier alpha value is -3.84. The van der Waals surface area contributed by atoms with E-state index in [1.165, 1.54) is 17.6 Å². The Balaban J connectivity index is 1.34. The van der Waals surface area contributed by atoms with Crippen LogP contribution in [0.3, 0.4) is 0 Å². The third-order valence-corrected chi connectivity index (χ3v) is 8.02. The van der Waals surface area contributed by atoms with Gasteiger partial charge in [0.25, 0.3) is 5.56 Å². The van der Waals surface area contributed by atoms with Crippen LogP contribution in [0.4, 0.5) is 17.3 Å². The van der Waals surface area contributed by atoms with Crippen molar-refractivity contribution in [3.05, 3.63) is 76.5 Å². The van der Waals surface area contributed by atoms with Crippen LogP contribution in [0, 0.1) is 6.92 Å². The molecule has 1 aliphatic heterocycles. The highest BCUT2D eigenvalue weighted by atomic mass is 127. The Kier molecular flexibility index (Phi) is 7.48. The van der Waals surface area contributed by atoms with Crippen LogP contribution in [0.25, 0.3) is 33.6 Å². The minimum absolute atomic E-state index is 0.0903. The van der Waals surface area contributed by atoms with Crippen molar-refractivity contribution < 1.29 is 4.42 Å². The highest BCUT2D eigenvalue weighted by Gasteiger charge is 2.17. The van der Waals surface area contributed by atoms with Gasteiger partial charge in [0.05, 0.1) is 0 Å². The lowest BCUT2D eigenvalue weighted by molar-refractivity contribution is 0.568. The monoisotopic (exact) mass is 648 g/mol. The van der Waals surface area contributed by atoms with Gasteiger partial charge in [-0.1, -0.05) is 28.7 Å². The fourth-order valence-electron chi connectivity index (χ4n) is 5.23. The van der Waals surface area contributed by atoms with Crippen LogP contribution < -0.4 is 21.1 Å². The maximum Gasteiger partial charge on any atom is 0.260 e. The largest absolute Gasteiger partial charge is 0.423 e. The molecule has 204 valence electrons. The molecule has 2 N–H and O–H groups in total. The number of piperazine rings is 1. The number of aromatic nitrogens is 5. The summed E-state index contributed by atoms with van der Waals surface area (Å²) < 4.78 is 7.78. The fraction of sp³-hybridized carbons (Fsp3) is 0.276. The molecule has 1 fully saturated rings. The molecule has 40 heavy (non-hydrogen) atoms. The Labute approximate surface area is 245 Å². The predicted molar refractivity (Wildman–Crippen MR) is 165 cm³/mol. The van der Waals surface area contributed by atoms with E-state index in [1.807, 2.05) is 31.2 Å². The molecule has 0 bridgehead atoms. The molecule has 11 heteroatoms. The first-order valence-electron chi connectivity index (χ1n) is 13.3. The standard InChI is InChI=1S/C29H29IN8O2/c1-3-38-26-21(14-24(28(38)39)23-6-4-19(13-20(23)15-30)27-36-33-17-40-27)16-32-29(35-26)34-22-5-7-25(18(2)12-22)37-10-8-31-9-11-37/h4-7,12-14,16-17,31H,3,8-11,15H2,1-2H3,(H,32,34,35). The summed E-state index contributed by atoms with van der Waals surface area (Å²) in [6, 6.07) is 14.0. The van der Waals surface area contributed by atoms with E-state index < -0.39 is 0 Å². The second-order valence-electron chi connectivity index (χ2n) is 9.69. The first-order chi connectivity index (χ1) is 19.6. The zero-order valence-corrected chi connectivity index (χ0v) is 24.5. The van der Waals surface area contributed by atoms with Gasteiger partial charge in [-0.15, -0.1) is 10.2 Å². The molecular weight excluding hydrogens is 619 g/mol. The summed E-state index contributed by atoms with van der Waals surface area (Å²) in [6.07, 6.45) is 3.08. The summed E-state index contributed by atoms with van der Waals surface area (Å²) in [4.78, 5) is 25.5. The number of halogens is 1. The van der Waals surface area contributed by atoms with Crippen molar-refractivity contribution in [3.63, 3.8) is 0 Å². The van der Waals surface area contributed by atoms with Gasteiger partial charge in [0.1, 0.15) is 5.65 Å². The minimum Gasteiger partial charge on any atom is -0.423 e. The summed E-state index contributed by atoms with van der Waals surface area (Å²) in [6.45, 7) is 8.55. The van der Waals surface area contributed by atoms with Crippen molar-refractivity contribution >= 4 is 50.9 Å². The Morgan fingerprint density at radius 1 is 1.10 bits per heavy atom. The highest BCUT2D eigenvalue weighted by Crippen LogP contribution is 2.30. The minimum atomic E-state index is -0.0903. The maximum atomic E-state index is 13.7. The van der Waals surface area contributed by atoms with Gasteiger partial charge in [-0.3, -0.25) is 9.36 Å². The highest BCUT2D eigenvalue weighted by molar-refractivity contribution is 14.1. The number of nitrogens with one attached hydrogen (secondary N) is 2. The van der Waals surface area contributed by atoms with Crippen molar-refractivity contribution in [3.8, 4) is 22.6 Å². The molecule has 0 spiro atoms. The van der Waals surface area contributed by atoms with E-state index in [-0.39, 0.29) is 5.56 Å². The average Bonchev–Trinajstić information content (AvgIpc) is 3.53. The zero-order chi connectivity index (χ0) is 27.6. The number of aryl methyl sites for hydroxylation is 2. The Bertz CT molecular complexity index is 1730. The number of pyridine rings is 1. The van der Waals surface area contributed by atoms with Gasteiger partial charge >= 0.3 is 0 Å². The Morgan fingerprint density at radius 3 is 2.67 bits per heavy atom. The lowest BCUT2D eigenvalue weighted by atomic mass is 9.98. The van der Waals surface area contributed by atoms with Crippen LogP contribution in [-0.2, 0) is 11.0 Å². The molecule has 0 atom stereocenters. The van der Waals surface area contributed by atoms with Crippen LogP contribution in [-0.4, -0.2) is 50.9 Å². The SMILES string of the molecule is CCn1c(=O)c(-c2ccc(-c3nnco3)cc2CI)cc2cnc(Nc3ccc(N4CCNCC4)c(C)c3)nc21. The van der Waals surface area contributed by atoms with Gasteiger partial charge in [0.15, 0.2) is 0 Å². The summed E-state index contributed by atoms with van der Waals surface area (Å²) in [5.74, 6) is 0.900. The first-order valence-corrected chi connectivity index (χ1v) is 14.8. The summed E-state index contributed by atoms with van der Waals surface area (Å²) >= 11 is 2.31. The normalized spacial score (nSPS) is 13.6. The van der Waals surface area contributed by atoms with E-state index in [0.717, 1.165) is 53.9 Å². The summed E-state index contributed by atoms with van der Waals surface area (Å²) in [5, 5.41) is 15.3. The quantitative estimate of drug-likeness (QED) is 0.188. The molecule has 6 rings (SSSR count). The van der Waals surface area contributed by atoms with E-state index in [4.69, 9.17) is 9.40 Å². The number of benzene rings is 2. The number of alkyl halides is 1. The first kappa shape index (κ1) is 26.4. The number of fused-ring (bicyclic) bond motifs is 1. The smallest absolute Gasteiger partial charge is 0.260 e. The average molecular weight is 649 g/mol. The predicted octanol–water partition coefficient (Wildman–Crippen LogP) is 4.93. The van der Waals surface area contributed by atoms with Crippen molar-refractivity contribution in [1.82, 2.24) is 30.0 Å². The lowest BCUT2D eigenvalue weighted by Crippen LogP contribution is -2.43. The van der Waals surface area contributed by atoms with Gasteiger partial charge in [0.2, 0.25) is 18.2 Å². The molecule has 10 nitrogen and oxygen atoms in total. The van der Waals surface area contributed by atoms with Crippen LogP contribution >= 0.6 is 22.6 Å². The molecule has 2 aromatic carbocycles. The molecule has 1 saturated heterocycles. The second kappa shape index (κ2) is 11.3. The van der Waals surface area contributed by atoms with Crippen molar-refractivity contribution in [1.29, 1.82) is 0 Å². The van der Waals surface area contributed by atoms with Gasteiger partial charge < -0.3 is 20.0 Å². The number of hydrogen-bond acceptors (Lipinski definition) is 9. The molecular formula is C29H29IN8O2. The molecule has 0 amide bonds. The molecule has 3 aromatic heterocycles. The number of anilines is 3. The van der Waals surface area contributed by atoms with E-state index >= 15 is 0 Å². The summed E-state index contributed by atoms with van der Waals surface area (Å²) in [7, 11) is 0. The van der Waals surface area contributed by atoms with Crippen LogP contribution in [0.5, 0.6) is 0 Å². The zero-order valence-electron chi connectivity index (χ0n) is 22.3. The maximum absolute atomic E-state index is 13.7. The third kappa shape index (κ3) is 5.06. The van der Waals surface area contributed by atoms with Crippen LogP contribution in [0.2, 0.25) is 0 Å². The molecule has 0 aliphatic carbocycles. The van der Waals surface area contributed by atoms with Crippen LogP contribution in [0.1, 0.15) is 18.1 Å². The summed E-state index contributed by atoms with van der Waals surface area (Å²) in [5.41, 5.74) is 7.16. The third-order valence-electron chi connectivity index (χ3n) is 7.20. The van der Waals surface area contributed by atoms with Gasteiger partial charge in [0, 0.05) is 71.2 Å². The number of rotatable bonds is 7. The van der Waals surface area contributed by atoms with Crippen molar-refractivity contribution in [2.45, 2.75) is 24.8 Å². The molecule has 0 radical (unpaired) electrons. The van der Waals surface area contributed by atoms with E-state index in [0.29, 0.717) is 34.0 Å². The van der Waals surface area contributed by atoms with Crippen LogP contribution in [0.15, 0.2) is 64.3 Å². The molecule has 4 heterocycles. The fourth-order valence-corrected chi connectivity index (χ4v) is 5.86.